The average molecular weight is 192 g/mol. The van der Waals surface area contributed by atoms with Crippen LogP contribution in [0.15, 0.2) is 11.6 Å². The molecule has 1 nitrogen and oxygen atoms in total. The molecule has 14 heavy (non-hydrogen) atoms. The van der Waals surface area contributed by atoms with Crippen LogP contribution in [0.1, 0.15) is 46.5 Å². The molecule has 1 heteroatoms. The van der Waals surface area contributed by atoms with Gasteiger partial charge in [0.15, 0.2) is 0 Å². The summed E-state index contributed by atoms with van der Waals surface area (Å²) in [7, 11) is 0. The van der Waals surface area contributed by atoms with E-state index in [1.54, 1.807) is 0 Å². The molecular formula is C13H20O. The van der Waals surface area contributed by atoms with E-state index in [0.29, 0.717) is 6.10 Å². The Hall–Kier alpha value is -0.740. The molecule has 0 saturated carbocycles. The summed E-state index contributed by atoms with van der Waals surface area (Å²) >= 11 is 0. The molecule has 0 aromatic rings. The Balaban J connectivity index is 2.13. The van der Waals surface area contributed by atoms with E-state index in [0.717, 1.165) is 25.7 Å². The maximum absolute atomic E-state index is 5.52. The van der Waals surface area contributed by atoms with Crippen molar-refractivity contribution >= 4 is 0 Å². The van der Waals surface area contributed by atoms with Gasteiger partial charge in [-0.1, -0.05) is 11.6 Å². The summed E-state index contributed by atoms with van der Waals surface area (Å²) in [4.78, 5) is 0. The quantitative estimate of drug-likeness (QED) is 0.282. The third-order valence-electron chi connectivity index (χ3n) is 2.75. The summed E-state index contributed by atoms with van der Waals surface area (Å²) in [6, 6.07) is 0. The lowest BCUT2D eigenvalue weighted by atomic mass is 10.0. The molecule has 0 bridgehead atoms. The molecule has 1 atom stereocenters. The molecule has 78 valence electrons. The molecule has 1 rings (SSSR count). The zero-order valence-electron chi connectivity index (χ0n) is 9.47. The van der Waals surface area contributed by atoms with Crippen LogP contribution in [0.3, 0.4) is 0 Å². The molecule has 1 saturated heterocycles. The first-order chi connectivity index (χ1) is 6.56. The second-order valence-electron chi connectivity index (χ2n) is 4.54. The predicted octanol–water partition coefficient (Wildman–Crippen LogP) is 3.30. The number of hydrogen-bond acceptors (Lipinski definition) is 1. The highest BCUT2D eigenvalue weighted by Gasteiger charge is 2.46. The Bertz CT molecular complexity index is 255. The Morgan fingerprint density at radius 2 is 2.21 bits per heavy atom. The van der Waals surface area contributed by atoms with Crippen LogP contribution in [0.2, 0.25) is 0 Å². The van der Waals surface area contributed by atoms with E-state index < -0.39 is 0 Å². The first-order valence-corrected chi connectivity index (χ1v) is 5.33. The van der Waals surface area contributed by atoms with E-state index in [2.05, 4.69) is 32.8 Å². The zero-order chi connectivity index (χ0) is 10.6. The van der Waals surface area contributed by atoms with Gasteiger partial charge < -0.3 is 4.74 Å². The highest BCUT2D eigenvalue weighted by Crippen LogP contribution is 2.38. The van der Waals surface area contributed by atoms with Crippen LogP contribution >= 0.6 is 0 Å². The fourth-order valence-corrected chi connectivity index (χ4v) is 1.60. The van der Waals surface area contributed by atoms with Gasteiger partial charge in [0.25, 0.3) is 0 Å². The Labute approximate surface area is 87.5 Å². The monoisotopic (exact) mass is 192 g/mol. The minimum absolute atomic E-state index is 0.138. The van der Waals surface area contributed by atoms with Gasteiger partial charge >= 0.3 is 0 Å². The Morgan fingerprint density at radius 3 is 2.71 bits per heavy atom. The summed E-state index contributed by atoms with van der Waals surface area (Å²) in [5, 5.41) is 0. The highest BCUT2D eigenvalue weighted by molar-refractivity contribution is 5.03. The fourth-order valence-electron chi connectivity index (χ4n) is 1.60. The highest BCUT2D eigenvalue weighted by atomic mass is 16.6. The zero-order valence-corrected chi connectivity index (χ0v) is 9.47. The average Bonchev–Trinajstić information content (AvgIpc) is 2.71. The number of unbranched alkanes of at least 4 members (excludes halogenated alkanes) is 1. The molecular weight excluding hydrogens is 172 g/mol. The van der Waals surface area contributed by atoms with Gasteiger partial charge in [0.1, 0.15) is 0 Å². The van der Waals surface area contributed by atoms with Gasteiger partial charge in [0, 0.05) is 6.42 Å². The van der Waals surface area contributed by atoms with Crippen molar-refractivity contribution in [2.75, 3.05) is 0 Å². The third kappa shape index (κ3) is 3.55. The van der Waals surface area contributed by atoms with Crippen molar-refractivity contribution in [3.63, 3.8) is 0 Å². The number of rotatable bonds is 5. The van der Waals surface area contributed by atoms with Crippen molar-refractivity contribution in [2.24, 2.45) is 0 Å². The van der Waals surface area contributed by atoms with Gasteiger partial charge in [0.05, 0.1) is 11.7 Å². The summed E-state index contributed by atoms with van der Waals surface area (Å²) in [5.74, 6) is 2.64. The lowest BCUT2D eigenvalue weighted by molar-refractivity contribution is 0.320. The van der Waals surface area contributed by atoms with Gasteiger partial charge in [0.2, 0.25) is 0 Å². The summed E-state index contributed by atoms with van der Waals surface area (Å²) in [5.41, 5.74) is 1.57. The van der Waals surface area contributed by atoms with E-state index in [1.807, 2.05) is 0 Å². The maximum atomic E-state index is 5.52. The van der Waals surface area contributed by atoms with Crippen molar-refractivity contribution in [3.8, 4) is 12.3 Å². The topological polar surface area (TPSA) is 12.5 Å². The molecule has 1 aliphatic heterocycles. The largest absolute Gasteiger partial charge is 0.367 e. The summed E-state index contributed by atoms with van der Waals surface area (Å²) < 4.78 is 5.52. The number of hydrogen-bond donors (Lipinski definition) is 0. The van der Waals surface area contributed by atoms with Crippen LogP contribution in [-0.2, 0) is 4.74 Å². The third-order valence-corrected chi connectivity index (χ3v) is 2.75. The van der Waals surface area contributed by atoms with E-state index in [-0.39, 0.29) is 5.60 Å². The van der Waals surface area contributed by atoms with Gasteiger partial charge in [-0.25, -0.2) is 0 Å². The summed E-state index contributed by atoms with van der Waals surface area (Å²) in [6.07, 6.45) is 12.0. The first-order valence-electron chi connectivity index (χ1n) is 5.33. The standard InChI is InChI=1S/C13H20O/c1-5-6-7-8-11(2)9-10-12-13(3,4)14-12/h1,8,12H,6-7,9-10H2,2-4H3/b11-8+/t12-/m0/s1. The molecule has 1 fully saturated rings. The number of epoxide rings is 1. The lowest BCUT2D eigenvalue weighted by Gasteiger charge is -1.99. The Morgan fingerprint density at radius 1 is 1.57 bits per heavy atom. The molecule has 0 amide bonds. The van der Waals surface area contributed by atoms with Gasteiger partial charge in [-0.3, -0.25) is 0 Å². The van der Waals surface area contributed by atoms with Crippen LogP contribution in [-0.4, -0.2) is 11.7 Å². The molecule has 0 N–H and O–H groups in total. The Kier molecular flexibility index (Phi) is 3.77. The molecule has 1 aliphatic rings. The molecule has 0 aromatic heterocycles. The van der Waals surface area contributed by atoms with E-state index in [4.69, 9.17) is 11.2 Å². The van der Waals surface area contributed by atoms with Crippen LogP contribution in [0.25, 0.3) is 0 Å². The lowest BCUT2D eigenvalue weighted by Crippen LogP contribution is -2.02. The van der Waals surface area contributed by atoms with E-state index in [9.17, 15) is 0 Å². The first kappa shape index (κ1) is 11.3. The van der Waals surface area contributed by atoms with Gasteiger partial charge in [-0.2, -0.15) is 0 Å². The minimum atomic E-state index is 0.138. The predicted molar refractivity (Wildman–Crippen MR) is 60.0 cm³/mol. The second-order valence-corrected chi connectivity index (χ2v) is 4.54. The SMILES string of the molecule is C#CCC/C=C(\C)CC[C@@H]1OC1(C)C. The molecule has 0 radical (unpaired) electrons. The smallest absolute Gasteiger partial charge is 0.0892 e. The second kappa shape index (κ2) is 4.66. The normalized spacial score (nSPS) is 24.4. The van der Waals surface area contributed by atoms with Crippen molar-refractivity contribution in [1.29, 1.82) is 0 Å². The van der Waals surface area contributed by atoms with Crippen molar-refractivity contribution in [1.82, 2.24) is 0 Å². The van der Waals surface area contributed by atoms with E-state index in [1.165, 1.54) is 5.57 Å². The minimum Gasteiger partial charge on any atom is -0.367 e. The molecule has 0 aliphatic carbocycles. The van der Waals surface area contributed by atoms with Crippen LogP contribution in [0.5, 0.6) is 0 Å². The molecule has 0 aromatic carbocycles. The van der Waals surface area contributed by atoms with Crippen molar-refractivity contribution in [2.45, 2.75) is 58.2 Å². The van der Waals surface area contributed by atoms with Crippen molar-refractivity contribution < 1.29 is 4.74 Å². The van der Waals surface area contributed by atoms with Crippen molar-refractivity contribution in [3.05, 3.63) is 11.6 Å². The molecule has 0 unspecified atom stereocenters. The van der Waals surface area contributed by atoms with E-state index >= 15 is 0 Å². The summed E-state index contributed by atoms with van der Waals surface area (Å²) in [6.45, 7) is 6.47. The van der Waals surface area contributed by atoms with Crippen LogP contribution in [0, 0.1) is 12.3 Å². The maximum Gasteiger partial charge on any atom is 0.0892 e. The number of ether oxygens (including phenoxy) is 1. The van der Waals surface area contributed by atoms with Crippen LogP contribution < -0.4 is 0 Å². The fraction of sp³-hybridized carbons (Fsp3) is 0.692. The number of terminal acetylenes is 1. The van der Waals surface area contributed by atoms with Gasteiger partial charge in [-0.15, -0.1) is 12.3 Å². The van der Waals surface area contributed by atoms with Gasteiger partial charge in [-0.05, 0) is 40.0 Å². The van der Waals surface area contributed by atoms with Crippen LogP contribution in [0.4, 0.5) is 0 Å². The number of allylic oxidation sites excluding steroid dienone is 2. The molecule has 1 heterocycles. The molecule has 0 spiro atoms.